The number of benzene rings is 1. The Balaban J connectivity index is 1.55. The lowest BCUT2D eigenvalue weighted by atomic mass is 10.0. The highest BCUT2D eigenvalue weighted by Crippen LogP contribution is 2.20. The number of morpholine rings is 1. The van der Waals surface area contributed by atoms with Gasteiger partial charge in [0.1, 0.15) is 0 Å². The largest absolute Gasteiger partial charge is 0.479 e. The van der Waals surface area contributed by atoms with Crippen LogP contribution >= 0.6 is 0 Å². The van der Waals surface area contributed by atoms with E-state index in [-0.39, 0.29) is 25.2 Å². The van der Waals surface area contributed by atoms with Gasteiger partial charge in [0.25, 0.3) is 0 Å². The van der Waals surface area contributed by atoms with E-state index in [1.807, 2.05) is 0 Å². The summed E-state index contributed by atoms with van der Waals surface area (Å²) in [5, 5.41) is 12.1. The predicted molar refractivity (Wildman–Crippen MR) is 84.4 cm³/mol. The number of fused-ring (bicyclic) bond motifs is 1. The minimum absolute atomic E-state index is 0.105. The molecule has 6 nitrogen and oxygen atoms in total. The summed E-state index contributed by atoms with van der Waals surface area (Å²) in [6, 6.07) is 8.35. The second-order valence-corrected chi connectivity index (χ2v) is 6.14. The summed E-state index contributed by atoms with van der Waals surface area (Å²) < 4.78 is 5.15. The van der Waals surface area contributed by atoms with Crippen molar-refractivity contribution in [3.63, 3.8) is 0 Å². The summed E-state index contributed by atoms with van der Waals surface area (Å²) in [5.74, 6) is -1.02. The number of ether oxygens (including phenoxy) is 1. The van der Waals surface area contributed by atoms with Crippen LogP contribution in [0.3, 0.4) is 0 Å². The van der Waals surface area contributed by atoms with E-state index in [9.17, 15) is 9.59 Å². The molecule has 1 fully saturated rings. The van der Waals surface area contributed by atoms with Crippen LogP contribution in [0.2, 0.25) is 0 Å². The Hall–Kier alpha value is -2.08. The van der Waals surface area contributed by atoms with E-state index in [0.717, 1.165) is 25.7 Å². The van der Waals surface area contributed by atoms with Crippen LogP contribution in [0.4, 0.5) is 4.79 Å². The zero-order valence-electron chi connectivity index (χ0n) is 13.0. The Labute approximate surface area is 135 Å². The smallest absolute Gasteiger partial charge is 0.334 e. The molecular weight excluding hydrogens is 296 g/mol. The lowest BCUT2D eigenvalue weighted by molar-refractivity contribution is -0.154. The van der Waals surface area contributed by atoms with Gasteiger partial charge in [0, 0.05) is 12.6 Å². The van der Waals surface area contributed by atoms with E-state index in [1.165, 1.54) is 11.1 Å². The third-order valence-electron chi connectivity index (χ3n) is 4.60. The van der Waals surface area contributed by atoms with E-state index in [0.29, 0.717) is 6.54 Å². The summed E-state index contributed by atoms with van der Waals surface area (Å²) in [6.07, 6.45) is 2.82. The quantitative estimate of drug-likeness (QED) is 0.809. The van der Waals surface area contributed by atoms with Crippen molar-refractivity contribution < 1.29 is 19.4 Å². The molecule has 3 rings (SSSR count). The number of aliphatic carboxylic acids is 1. The molecule has 0 saturated carbocycles. The molecule has 1 unspecified atom stereocenters. The summed E-state index contributed by atoms with van der Waals surface area (Å²) in [6.45, 7) is 0.803. The minimum atomic E-state index is -1.02. The molecule has 1 saturated heterocycles. The van der Waals surface area contributed by atoms with Gasteiger partial charge in [-0.15, -0.1) is 0 Å². The van der Waals surface area contributed by atoms with E-state index in [1.54, 1.807) is 4.90 Å². The maximum absolute atomic E-state index is 12.4. The van der Waals surface area contributed by atoms with Crippen molar-refractivity contribution in [2.45, 2.75) is 37.8 Å². The number of carboxylic acid groups (broad SMARTS) is 1. The molecule has 0 spiro atoms. The first-order valence-corrected chi connectivity index (χ1v) is 8.10. The van der Waals surface area contributed by atoms with Crippen LogP contribution in [0.15, 0.2) is 24.3 Å². The van der Waals surface area contributed by atoms with E-state index in [4.69, 9.17) is 9.84 Å². The first kappa shape index (κ1) is 15.8. The molecule has 2 amide bonds. The molecule has 124 valence electrons. The molecule has 1 atom stereocenters. The zero-order valence-corrected chi connectivity index (χ0v) is 13.0. The summed E-state index contributed by atoms with van der Waals surface area (Å²) >= 11 is 0. The number of carbonyl (C=O) groups is 2. The molecule has 1 aliphatic carbocycles. The van der Waals surface area contributed by atoms with Gasteiger partial charge in [0.05, 0.1) is 13.2 Å². The van der Waals surface area contributed by atoms with Crippen molar-refractivity contribution in [1.29, 1.82) is 0 Å². The number of nitrogens with one attached hydrogen (secondary N) is 1. The highest BCUT2D eigenvalue weighted by Gasteiger charge is 2.30. The molecule has 1 aromatic rings. The Kier molecular flexibility index (Phi) is 4.81. The SMILES string of the molecule is O=C(O)C1CN(C(=O)NC2CCc3ccccc3CC2)CCO1. The van der Waals surface area contributed by atoms with Crippen LogP contribution in [-0.4, -0.2) is 53.8 Å². The van der Waals surface area contributed by atoms with Crippen LogP contribution in [0.1, 0.15) is 24.0 Å². The first-order chi connectivity index (χ1) is 11.1. The van der Waals surface area contributed by atoms with Gasteiger partial charge in [0.2, 0.25) is 0 Å². The molecule has 0 radical (unpaired) electrons. The number of nitrogens with zero attached hydrogens (tertiary/aromatic N) is 1. The van der Waals surface area contributed by atoms with Crippen LogP contribution in [0.25, 0.3) is 0 Å². The van der Waals surface area contributed by atoms with Crippen molar-refractivity contribution in [1.82, 2.24) is 10.2 Å². The number of rotatable bonds is 2. The number of carbonyl (C=O) groups excluding carboxylic acids is 1. The lowest BCUT2D eigenvalue weighted by Crippen LogP contribution is -2.53. The molecule has 0 bridgehead atoms. The van der Waals surface area contributed by atoms with E-state index < -0.39 is 12.1 Å². The summed E-state index contributed by atoms with van der Waals surface area (Å²) in [5.41, 5.74) is 2.73. The molecule has 1 aliphatic heterocycles. The molecule has 0 aromatic heterocycles. The van der Waals surface area contributed by atoms with Crippen molar-refractivity contribution >= 4 is 12.0 Å². The van der Waals surface area contributed by atoms with Gasteiger partial charge in [-0.1, -0.05) is 24.3 Å². The van der Waals surface area contributed by atoms with Crippen LogP contribution in [0, 0.1) is 0 Å². The van der Waals surface area contributed by atoms with Crippen LogP contribution < -0.4 is 5.32 Å². The molecule has 1 heterocycles. The van der Waals surface area contributed by atoms with Crippen LogP contribution in [0.5, 0.6) is 0 Å². The highest BCUT2D eigenvalue weighted by atomic mass is 16.5. The van der Waals surface area contributed by atoms with Crippen molar-refractivity contribution in [3.05, 3.63) is 35.4 Å². The lowest BCUT2D eigenvalue weighted by Gasteiger charge is -2.32. The summed E-state index contributed by atoms with van der Waals surface area (Å²) in [7, 11) is 0. The topological polar surface area (TPSA) is 78.9 Å². The number of amides is 2. The normalized spacial score (nSPS) is 22.1. The van der Waals surface area contributed by atoms with Gasteiger partial charge >= 0.3 is 12.0 Å². The Bertz CT molecular complexity index is 563. The molecule has 23 heavy (non-hydrogen) atoms. The average Bonchev–Trinajstić information content (AvgIpc) is 2.78. The van der Waals surface area contributed by atoms with Crippen molar-refractivity contribution in [2.75, 3.05) is 19.7 Å². The van der Waals surface area contributed by atoms with Gasteiger partial charge < -0.3 is 20.1 Å². The second-order valence-electron chi connectivity index (χ2n) is 6.14. The average molecular weight is 318 g/mol. The van der Waals surface area contributed by atoms with Gasteiger partial charge in [0.15, 0.2) is 6.10 Å². The zero-order chi connectivity index (χ0) is 16.2. The van der Waals surface area contributed by atoms with Crippen molar-refractivity contribution in [2.24, 2.45) is 0 Å². The Morgan fingerprint density at radius 2 is 1.83 bits per heavy atom. The molecule has 6 heteroatoms. The number of hydrogen-bond acceptors (Lipinski definition) is 3. The molecule has 2 aliphatic rings. The Morgan fingerprint density at radius 3 is 2.43 bits per heavy atom. The molecule has 1 aromatic carbocycles. The minimum Gasteiger partial charge on any atom is -0.479 e. The summed E-state index contributed by atoms with van der Waals surface area (Å²) in [4.78, 5) is 24.9. The van der Waals surface area contributed by atoms with Gasteiger partial charge in [-0.2, -0.15) is 0 Å². The molecule has 2 N–H and O–H groups in total. The number of carboxylic acids is 1. The maximum Gasteiger partial charge on any atom is 0.334 e. The Morgan fingerprint density at radius 1 is 1.17 bits per heavy atom. The van der Waals surface area contributed by atoms with Gasteiger partial charge in [-0.05, 0) is 36.8 Å². The number of hydrogen-bond donors (Lipinski definition) is 2. The van der Waals surface area contributed by atoms with Crippen molar-refractivity contribution in [3.8, 4) is 0 Å². The third kappa shape index (κ3) is 3.82. The fraction of sp³-hybridized carbons (Fsp3) is 0.529. The molecular formula is C17H22N2O4. The predicted octanol–water partition coefficient (Wildman–Crippen LogP) is 1.43. The standard InChI is InChI=1S/C17H22N2O4/c20-16(21)15-11-19(9-10-23-15)17(22)18-14-7-5-12-3-1-2-4-13(12)6-8-14/h1-4,14-15H,5-11H2,(H,18,22)(H,20,21). The first-order valence-electron chi connectivity index (χ1n) is 8.10. The fourth-order valence-electron chi connectivity index (χ4n) is 3.24. The van der Waals surface area contributed by atoms with Crippen LogP contribution in [-0.2, 0) is 22.4 Å². The van der Waals surface area contributed by atoms with E-state index in [2.05, 4.69) is 29.6 Å². The number of urea groups is 1. The van der Waals surface area contributed by atoms with E-state index >= 15 is 0 Å². The van der Waals surface area contributed by atoms with Gasteiger partial charge in [-0.3, -0.25) is 0 Å². The second kappa shape index (κ2) is 7.00. The number of aryl methyl sites for hydroxylation is 2. The van der Waals surface area contributed by atoms with Gasteiger partial charge in [-0.25, -0.2) is 9.59 Å². The third-order valence-corrected chi connectivity index (χ3v) is 4.60. The maximum atomic E-state index is 12.4. The highest BCUT2D eigenvalue weighted by molar-refractivity contribution is 5.77. The monoisotopic (exact) mass is 318 g/mol. The fourth-order valence-corrected chi connectivity index (χ4v) is 3.24.